The minimum atomic E-state index is -1.35. The van der Waals surface area contributed by atoms with Crippen molar-refractivity contribution in [2.24, 2.45) is 5.73 Å². The lowest BCUT2D eigenvalue weighted by molar-refractivity contribution is -0.243. The molecule has 45 heavy (non-hydrogen) atoms. The van der Waals surface area contributed by atoms with Gasteiger partial charge in [0.15, 0.2) is 5.79 Å². The lowest BCUT2D eigenvalue weighted by Crippen LogP contribution is -2.59. The molecule has 0 bridgehead atoms. The fourth-order valence-electron chi connectivity index (χ4n) is 7.04. The first-order valence-corrected chi connectivity index (χ1v) is 15.4. The van der Waals surface area contributed by atoms with E-state index < -0.39 is 52.5 Å². The average Bonchev–Trinajstić information content (AvgIpc) is 3.44. The number of morpholine rings is 1. The Morgan fingerprint density at radius 2 is 1.69 bits per heavy atom. The third kappa shape index (κ3) is 7.07. The molecule has 2 aliphatic heterocycles. The van der Waals surface area contributed by atoms with E-state index in [1.54, 1.807) is 6.07 Å². The summed E-state index contributed by atoms with van der Waals surface area (Å²) in [6.07, 6.45) is 3.81. The van der Waals surface area contributed by atoms with Gasteiger partial charge in [-0.05, 0) is 73.2 Å². The predicted octanol–water partition coefficient (Wildman–Crippen LogP) is 5.32. The molecule has 0 aromatic heterocycles. The highest BCUT2D eigenvalue weighted by molar-refractivity contribution is 5.96. The molecule has 1 amide bonds. The van der Waals surface area contributed by atoms with Crippen molar-refractivity contribution >= 4 is 11.6 Å². The number of carbonyl (C=O) groups is 1. The summed E-state index contributed by atoms with van der Waals surface area (Å²) in [6.45, 7) is 2.42. The van der Waals surface area contributed by atoms with Gasteiger partial charge in [-0.3, -0.25) is 4.79 Å². The first-order chi connectivity index (χ1) is 21.6. The summed E-state index contributed by atoms with van der Waals surface area (Å²) >= 11 is 0. The molecule has 1 saturated carbocycles. The Hall–Kier alpha value is -3.35. The summed E-state index contributed by atoms with van der Waals surface area (Å²) in [4.78, 5) is 13.6. The minimum Gasteiger partial charge on any atom is -0.369 e. The molecule has 2 spiro atoms. The van der Waals surface area contributed by atoms with E-state index >= 15 is 4.39 Å². The van der Waals surface area contributed by atoms with Gasteiger partial charge in [0.05, 0.1) is 31.0 Å². The van der Waals surface area contributed by atoms with Crippen LogP contribution in [-0.4, -0.2) is 55.7 Å². The Balaban J connectivity index is 1.17. The highest BCUT2D eigenvalue weighted by Crippen LogP contribution is 2.44. The van der Waals surface area contributed by atoms with Gasteiger partial charge in [0.25, 0.3) is 0 Å². The third-order valence-electron chi connectivity index (χ3n) is 9.06. The number of hydrogen-bond acceptors (Lipinski definition) is 6. The number of benzene rings is 3. The van der Waals surface area contributed by atoms with Gasteiger partial charge in [0.1, 0.15) is 23.3 Å². The van der Waals surface area contributed by atoms with Crippen LogP contribution in [0.3, 0.4) is 0 Å². The fraction of sp³-hybridized carbons (Fsp3) is 0.441. The summed E-state index contributed by atoms with van der Waals surface area (Å²) in [7, 11) is 0. The van der Waals surface area contributed by atoms with Crippen molar-refractivity contribution in [3.8, 4) is 0 Å². The van der Waals surface area contributed by atoms with Crippen LogP contribution < -0.4 is 16.4 Å². The number of nitrogens with one attached hydrogen (secondary N) is 2. The average molecular weight is 628 g/mol. The molecule has 2 heterocycles. The van der Waals surface area contributed by atoms with Crippen molar-refractivity contribution in [1.29, 1.82) is 0 Å². The lowest BCUT2D eigenvalue weighted by Gasteiger charge is -2.49. The molecular formula is C34H37F4N3O4. The molecule has 0 radical (unpaired) electrons. The van der Waals surface area contributed by atoms with Gasteiger partial charge in [-0.1, -0.05) is 18.2 Å². The predicted molar refractivity (Wildman–Crippen MR) is 160 cm³/mol. The highest BCUT2D eigenvalue weighted by atomic mass is 19.1. The Labute approximate surface area is 259 Å². The van der Waals surface area contributed by atoms with Gasteiger partial charge in [0, 0.05) is 49.2 Å². The zero-order valence-corrected chi connectivity index (χ0v) is 24.8. The van der Waals surface area contributed by atoms with Gasteiger partial charge in [-0.2, -0.15) is 0 Å². The number of amides is 1. The van der Waals surface area contributed by atoms with Crippen molar-refractivity contribution in [2.75, 3.05) is 31.6 Å². The molecule has 3 aromatic rings. The topological polar surface area (TPSA) is 94.8 Å². The summed E-state index contributed by atoms with van der Waals surface area (Å²) < 4.78 is 75.9. The van der Waals surface area contributed by atoms with Crippen LogP contribution in [-0.2, 0) is 25.4 Å². The summed E-state index contributed by atoms with van der Waals surface area (Å²) in [6, 6.07) is 11.1. The van der Waals surface area contributed by atoms with Gasteiger partial charge in [-0.25, -0.2) is 17.6 Å². The molecule has 4 N–H and O–H groups in total. The van der Waals surface area contributed by atoms with Crippen LogP contribution >= 0.6 is 0 Å². The molecule has 1 unspecified atom stereocenters. The number of anilines is 1. The monoisotopic (exact) mass is 627 g/mol. The number of carbonyl (C=O) groups excluding carboxylic acids is 1. The molecule has 4 atom stereocenters. The first kappa shape index (κ1) is 31.6. The van der Waals surface area contributed by atoms with E-state index in [0.29, 0.717) is 56.3 Å². The minimum absolute atomic E-state index is 0.106. The molecule has 1 aliphatic carbocycles. The fourth-order valence-corrected chi connectivity index (χ4v) is 7.04. The van der Waals surface area contributed by atoms with Crippen molar-refractivity contribution < 1.29 is 36.6 Å². The van der Waals surface area contributed by atoms with Crippen LogP contribution in [0.15, 0.2) is 60.7 Å². The van der Waals surface area contributed by atoms with Crippen LogP contribution in [0.5, 0.6) is 0 Å². The van der Waals surface area contributed by atoms with E-state index in [1.807, 2.05) is 0 Å². The van der Waals surface area contributed by atoms with E-state index in [4.69, 9.17) is 19.9 Å². The smallest absolute Gasteiger partial charge is 0.242 e. The van der Waals surface area contributed by atoms with Crippen LogP contribution in [0.2, 0.25) is 0 Å². The quantitative estimate of drug-likeness (QED) is 0.293. The van der Waals surface area contributed by atoms with Gasteiger partial charge in [-0.15, -0.1) is 0 Å². The molecule has 7 nitrogen and oxygen atoms in total. The summed E-state index contributed by atoms with van der Waals surface area (Å²) in [5.41, 5.74) is 7.01. The number of ether oxygens (including phenoxy) is 3. The van der Waals surface area contributed by atoms with E-state index in [1.165, 1.54) is 36.4 Å². The maximum Gasteiger partial charge on any atom is 0.242 e. The Kier molecular flexibility index (Phi) is 9.26. The van der Waals surface area contributed by atoms with E-state index in [2.05, 4.69) is 10.6 Å². The maximum atomic E-state index is 15.2. The SMILES string of the molecule is N[C@H](C(=O)Nc1cccc(F)c1CC[C@@H]1CNCC2(CCCC3(C2)OCCO3)O1)[C@@H](c1ccc(F)cc1)c1cc(F)cc(F)c1. The largest absolute Gasteiger partial charge is 0.369 e. The van der Waals surface area contributed by atoms with Crippen molar-refractivity contribution in [2.45, 2.75) is 68.0 Å². The summed E-state index contributed by atoms with van der Waals surface area (Å²) in [5.74, 6) is -5.01. The molecule has 240 valence electrons. The molecule has 3 fully saturated rings. The van der Waals surface area contributed by atoms with Crippen molar-refractivity contribution in [3.63, 3.8) is 0 Å². The third-order valence-corrected chi connectivity index (χ3v) is 9.06. The number of rotatable bonds is 8. The molecule has 2 saturated heterocycles. The molecule has 3 aromatic carbocycles. The Bertz CT molecular complexity index is 1490. The van der Waals surface area contributed by atoms with Crippen molar-refractivity contribution in [3.05, 3.63) is 101 Å². The molecular weight excluding hydrogens is 590 g/mol. The van der Waals surface area contributed by atoms with Gasteiger partial charge in [0.2, 0.25) is 5.91 Å². The number of nitrogens with two attached hydrogens (primary N) is 1. The normalized spacial score (nSPS) is 24.1. The second kappa shape index (κ2) is 13.2. The second-order valence-electron chi connectivity index (χ2n) is 12.2. The zero-order valence-electron chi connectivity index (χ0n) is 24.8. The second-order valence-corrected chi connectivity index (χ2v) is 12.2. The van der Waals surface area contributed by atoms with E-state index in [-0.39, 0.29) is 23.8 Å². The molecule has 11 heteroatoms. The zero-order chi connectivity index (χ0) is 31.6. The van der Waals surface area contributed by atoms with Crippen LogP contribution in [0.1, 0.15) is 54.7 Å². The van der Waals surface area contributed by atoms with Crippen LogP contribution in [0.4, 0.5) is 23.2 Å². The Morgan fingerprint density at radius 1 is 0.956 bits per heavy atom. The number of hydrogen-bond donors (Lipinski definition) is 3. The number of halogens is 4. The van der Waals surface area contributed by atoms with Gasteiger partial charge >= 0.3 is 0 Å². The standard InChI is InChI=1S/C34H37F4N3O4/c35-23-7-5-21(6-8-23)30(22-15-24(36)17-25(37)16-22)31(39)32(42)41-29-4-1-3-28(38)27(29)10-9-26-18-40-20-33(45-26)11-2-12-34(19-33)43-13-14-44-34/h1,3-8,15-17,26,30-31,40H,2,9-14,18-20,39H2,(H,41,42)/t26-,30+,31+,33?/m1/s1. The highest BCUT2D eigenvalue weighted by Gasteiger charge is 2.51. The van der Waals surface area contributed by atoms with Crippen molar-refractivity contribution in [1.82, 2.24) is 5.32 Å². The van der Waals surface area contributed by atoms with Gasteiger partial charge < -0.3 is 30.6 Å². The first-order valence-electron chi connectivity index (χ1n) is 15.4. The van der Waals surface area contributed by atoms with Crippen LogP contribution in [0.25, 0.3) is 0 Å². The van der Waals surface area contributed by atoms with E-state index in [9.17, 15) is 18.0 Å². The van der Waals surface area contributed by atoms with E-state index in [0.717, 1.165) is 31.4 Å². The molecule has 3 aliphatic rings. The Morgan fingerprint density at radius 3 is 2.42 bits per heavy atom. The lowest BCUT2D eigenvalue weighted by atomic mass is 9.79. The van der Waals surface area contributed by atoms with Crippen LogP contribution in [0, 0.1) is 23.3 Å². The molecule has 6 rings (SSSR count). The summed E-state index contributed by atoms with van der Waals surface area (Å²) in [5, 5.41) is 6.21. The maximum absolute atomic E-state index is 15.2.